The van der Waals surface area contributed by atoms with Gasteiger partial charge in [0.2, 0.25) is 0 Å². The first-order valence-corrected chi connectivity index (χ1v) is 6.02. The number of aliphatic hydroxyl groups is 1. The van der Waals surface area contributed by atoms with Gasteiger partial charge in [0.25, 0.3) is 5.91 Å². The van der Waals surface area contributed by atoms with Crippen LogP contribution >= 0.6 is 0 Å². The van der Waals surface area contributed by atoms with Gasteiger partial charge in [0.1, 0.15) is 5.82 Å². The molecular formula is C14H20FNO2. The third kappa shape index (κ3) is 3.81. The Hall–Kier alpha value is -1.42. The van der Waals surface area contributed by atoms with E-state index in [2.05, 4.69) is 0 Å². The number of rotatable bonds is 4. The zero-order chi connectivity index (χ0) is 13.9. The molecule has 0 aromatic heterocycles. The number of hydrogen-bond donors (Lipinski definition) is 1. The minimum atomic E-state index is -0.945. The fourth-order valence-corrected chi connectivity index (χ4v) is 1.83. The molecule has 0 fully saturated rings. The molecule has 1 aromatic rings. The van der Waals surface area contributed by atoms with Gasteiger partial charge in [-0.05, 0) is 51.5 Å². The van der Waals surface area contributed by atoms with Gasteiger partial charge in [-0.25, -0.2) is 4.39 Å². The normalized spacial score (nSPS) is 11.4. The third-order valence-electron chi connectivity index (χ3n) is 2.67. The number of aryl methyl sites for hydroxylation is 1. The van der Waals surface area contributed by atoms with Crippen molar-refractivity contribution in [3.8, 4) is 0 Å². The highest BCUT2D eigenvalue weighted by Crippen LogP contribution is 2.15. The van der Waals surface area contributed by atoms with Crippen molar-refractivity contribution in [2.24, 2.45) is 0 Å². The maximum atomic E-state index is 13.0. The van der Waals surface area contributed by atoms with Crippen molar-refractivity contribution < 1.29 is 14.3 Å². The molecule has 0 unspecified atom stereocenters. The number of halogens is 1. The Kier molecular flexibility index (Phi) is 4.46. The lowest BCUT2D eigenvalue weighted by Gasteiger charge is -2.28. The molecule has 0 bridgehead atoms. The topological polar surface area (TPSA) is 40.5 Å². The molecule has 100 valence electrons. The molecule has 3 nitrogen and oxygen atoms in total. The number of amides is 1. The summed E-state index contributed by atoms with van der Waals surface area (Å²) in [5, 5.41) is 9.77. The Balaban J connectivity index is 2.97. The third-order valence-corrected chi connectivity index (χ3v) is 2.67. The smallest absolute Gasteiger partial charge is 0.254 e. The number of nitrogens with zero attached hydrogens (tertiary/aromatic N) is 1. The summed E-state index contributed by atoms with van der Waals surface area (Å²) < 4.78 is 13.0. The molecule has 0 aliphatic heterocycles. The van der Waals surface area contributed by atoms with Crippen molar-refractivity contribution in [3.63, 3.8) is 0 Å². The minimum absolute atomic E-state index is 0.183. The molecule has 1 amide bonds. The first-order chi connectivity index (χ1) is 8.24. The Bertz CT molecular complexity index is 438. The molecule has 4 heteroatoms. The summed E-state index contributed by atoms with van der Waals surface area (Å²) in [7, 11) is 0. The molecule has 1 rings (SSSR count). The summed E-state index contributed by atoms with van der Waals surface area (Å²) in [6.07, 6.45) is 0. The SMILES string of the molecule is CCN(CC(C)(C)O)C(=O)c1ccc(F)cc1C. The summed E-state index contributed by atoms with van der Waals surface area (Å²) in [6, 6.07) is 4.10. The van der Waals surface area contributed by atoms with Gasteiger partial charge in [-0.3, -0.25) is 4.79 Å². The van der Waals surface area contributed by atoms with Crippen LogP contribution in [0.5, 0.6) is 0 Å². The molecular weight excluding hydrogens is 233 g/mol. The Labute approximate surface area is 107 Å². The van der Waals surface area contributed by atoms with Crippen LogP contribution in [0.25, 0.3) is 0 Å². The molecule has 1 N–H and O–H groups in total. The molecule has 0 aliphatic carbocycles. The van der Waals surface area contributed by atoms with Crippen LogP contribution in [0.15, 0.2) is 18.2 Å². The van der Waals surface area contributed by atoms with E-state index in [1.165, 1.54) is 18.2 Å². The number of carbonyl (C=O) groups is 1. The monoisotopic (exact) mass is 253 g/mol. The Morgan fingerprint density at radius 1 is 1.44 bits per heavy atom. The highest BCUT2D eigenvalue weighted by molar-refractivity contribution is 5.95. The number of likely N-dealkylation sites (N-methyl/N-ethyl adjacent to an activating group) is 1. The van der Waals surface area contributed by atoms with E-state index in [1.807, 2.05) is 6.92 Å². The van der Waals surface area contributed by atoms with Crippen LogP contribution in [0.2, 0.25) is 0 Å². The number of hydrogen-bond acceptors (Lipinski definition) is 2. The number of benzene rings is 1. The van der Waals surface area contributed by atoms with Crippen molar-refractivity contribution in [3.05, 3.63) is 35.1 Å². The predicted octanol–water partition coefficient (Wildman–Crippen LogP) is 2.37. The predicted molar refractivity (Wildman–Crippen MR) is 69.0 cm³/mol. The van der Waals surface area contributed by atoms with Crippen molar-refractivity contribution >= 4 is 5.91 Å². The van der Waals surface area contributed by atoms with Gasteiger partial charge in [0.05, 0.1) is 5.60 Å². The van der Waals surface area contributed by atoms with Crippen molar-refractivity contribution in [1.82, 2.24) is 4.90 Å². The van der Waals surface area contributed by atoms with Crippen LogP contribution in [-0.4, -0.2) is 34.6 Å². The highest BCUT2D eigenvalue weighted by atomic mass is 19.1. The maximum absolute atomic E-state index is 13.0. The minimum Gasteiger partial charge on any atom is -0.389 e. The Morgan fingerprint density at radius 2 is 2.06 bits per heavy atom. The average Bonchev–Trinajstić information content (AvgIpc) is 2.24. The second-order valence-corrected chi connectivity index (χ2v) is 5.09. The standard InChI is InChI=1S/C14H20FNO2/c1-5-16(9-14(3,4)18)13(17)12-7-6-11(15)8-10(12)2/h6-8,18H,5,9H2,1-4H3. The van der Waals surface area contributed by atoms with Gasteiger partial charge >= 0.3 is 0 Å². The van der Waals surface area contributed by atoms with Gasteiger partial charge < -0.3 is 10.0 Å². The maximum Gasteiger partial charge on any atom is 0.254 e. The summed E-state index contributed by atoms with van der Waals surface area (Å²) in [5.41, 5.74) is 0.135. The summed E-state index contributed by atoms with van der Waals surface area (Å²) in [5.74, 6) is -0.535. The molecule has 0 saturated heterocycles. The Morgan fingerprint density at radius 3 is 2.50 bits per heavy atom. The van der Waals surface area contributed by atoms with E-state index >= 15 is 0 Å². The van der Waals surface area contributed by atoms with Crippen LogP contribution < -0.4 is 0 Å². The zero-order valence-corrected chi connectivity index (χ0v) is 11.3. The van der Waals surface area contributed by atoms with Crippen molar-refractivity contribution in [2.45, 2.75) is 33.3 Å². The highest BCUT2D eigenvalue weighted by Gasteiger charge is 2.23. The van der Waals surface area contributed by atoms with Gasteiger partial charge in [-0.2, -0.15) is 0 Å². The largest absolute Gasteiger partial charge is 0.389 e. The van der Waals surface area contributed by atoms with E-state index in [4.69, 9.17) is 0 Å². The molecule has 0 aliphatic rings. The zero-order valence-electron chi connectivity index (χ0n) is 11.3. The van der Waals surface area contributed by atoms with Gasteiger partial charge in [-0.15, -0.1) is 0 Å². The van der Waals surface area contributed by atoms with Gasteiger partial charge in [-0.1, -0.05) is 0 Å². The van der Waals surface area contributed by atoms with Gasteiger partial charge in [0, 0.05) is 18.7 Å². The molecule has 0 atom stereocenters. The average molecular weight is 253 g/mol. The lowest BCUT2D eigenvalue weighted by Crippen LogP contribution is -2.42. The lowest BCUT2D eigenvalue weighted by atomic mass is 10.1. The molecule has 0 spiro atoms. The van der Waals surface area contributed by atoms with E-state index in [0.717, 1.165) is 0 Å². The second-order valence-electron chi connectivity index (χ2n) is 5.09. The number of carbonyl (C=O) groups excluding carboxylic acids is 1. The van der Waals surface area contributed by atoms with Crippen LogP contribution in [0.3, 0.4) is 0 Å². The van der Waals surface area contributed by atoms with Crippen LogP contribution in [0.4, 0.5) is 4.39 Å². The molecule has 1 aromatic carbocycles. The quantitative estimate of drug-likeness (QED) is 0.895. The molecule has 18 heavy (non-hydrogen) atoms. The summed E-state index contributed by atoms with van der Waals surface area (Å²) in [6.45, 7) is 7.61. The summed E-state index contributed by atoms with van der Waals surface area (Å²) >= 11 is 0. The lowest BCUT2D eigenvalue weighted by molar-refractivity contribution is 0.0314. The van der Waals surface area contributed by atoms with Crippen LogP contribution in [-0.2, 0) is 0 Å². The van der Waals surface area contributed by atoms with E-state index in [9.17, 15) is 14.3 Å². The first kappa shape index (κ1) is 14.6. The van der Waals surface area contributed by atoms with Crippen LogP contribution in [0.1, 0.15) is 36.7 Å². The first-order valence-electron chi connectivity index (χ1n) is 6.02. The van der Waals surface area contributed by atoms with E-state index < -0.39 is 5.60 Å². The van der Waals surface area contributed by atoms with Gasteiger partial charge in [0.15, 0.2) is 0 Å². The van der Waals surface area contributed by atoms with Crippen LogP contribution in [0, 0.1) is 12.7 Å². The van der Waals surface area contributed by atoms with E-state index in [1.54, 1.807) is 25.7 Å². The second kappa shape index (κ2) is 5.48. The summed E-state index contributed by atoms with van der Waals surface area (Å²) in [4.78, 5) is 13.8. The fourth-order valence-electron chi connectivity index (χ4n) is 1.83. The van der Waals surface area contributed by atoms with E-state index in [-0.39, 0.29) is 18.3 Å². The molecule has 0 heterocycles. The fraction of sp³-hybridized carbons (Fsp3) is 0.500. The molecule has 0 radical (unpaired) electrons. The van der Waals surface area contributed by atoms with Crippen molar-refractivity contribution in [2.75, 3.05) is 13.1 Å². The molecule has 0 saturated carbocycles. The van der Waals surface area contributed by atoms with Crippen molar-refractivity contribution in [1.29, 1.82) is 0 Å². The van der Waals surface area contributed by atoms with E-state index in [0.29, 0.717) is 17.7 Å².